The number of carbonyl (C=O) groups is 1. The van der Waals surface area contributed by atoms with Crippen LogP contribution in [0.5, 0.6) is 0 Å². The Hall–Kier alpha value is -2.57. The molecule has 0 atom stereocenters. The lowest BCUT2D eigenvalue weighted by Gasteiger charge is -2.07. The van der Waals surface area contributed by atoms with E-state index in [2.05, 4.69) is 17.2 Å². The lowest BCUT2D eigenvalue weighted by molar-refractivity contribution is 0.102. The highest BCUT2D eigenvalue weighted by atomic mass is 16.2. The molecular weight excluding hydrogens is 262 g/mol. The fraction of sp³-hybridized carbons (Fsp3) is 0.167. The SMILES string of the molecule is Cc1ccc(C(=O)Nc2ccc(C#CCO)cc2)cc1C. The minimum absolute atomic E-state index is 0.132. The van der Waals surface area contributed by atoms with Crippen LogP contribution in [0, 0.1) is 25.7 Å². The summed E-state index contributed by atoms with van der Waals surface area (Å²) in [7, 11) is 0. The zero-order valence-corrected chi connectivity index (χ0v) is 12.1. The van der Waals surface area contributed by atoms with E-state index in [-0.39, 0.29) is 12.5 Å². The maximum absolute atomic E-state index is 12.2. The molecule has 0 radical (unpaired) electrons. The van der Waals surface area contributed by atoms with Gasteiger partial charge in [0.05, 0.1) is 0 Å². The highest BCUT2D eigenvalue weighted by molar-refractivity contribution is 6.04. The fourth-order valence-corrected chi connectivity index (χ4v) is 1.86. The third-order valence-electron chi connectivity index (χ3n) is 3.22. The first kappa shape index (κ1) is 14.8. The standard InChI is InChI=1S/C18H17NO2/c1-13-5-8-16(12-14(13)2)18(21)19-17-9-6-15(7-10-17)4-3-11-20/h5-10,12,20H,11H2,1-2H3,(H,19,21). The quantitative estimate of drug-likeness (QED) is 0.830. The van der Waals surface area contributed by atoms with Crippen molar-refractivity contribution in [1.82, 2.24) is 0 Å². The van der Waals surface area contributed by atoms with Gasteiger partial charge in [-0.15, -0.1) is 0 Å². The molecule has 0 aromatic heterocycles. The third-order valence-corrected chi connectivity index (χ3v) is 3.22. The highest BCUT2D eigenvalue weighted by Gasteiger charge is 2.06. The van der Waals surface area contributed by atoms with E-state index in [4.69, 9.17) is 5.11 Å². The van der Waals surface area contributed by atoms with Gasteiger partial charge in [0.2, 0.25) is 0 Å². The van der Waals surface area contributed by atoms with E-state index >= 15 is 0 Å². The summed E-state index contributed by atoms with van der Waals surface area (Å²) in [6, 6.07) is 12.8. The van der Waals surface area contributed by atoms with Gasteiger partial charge in [0.25, 0.3) is 5.91 Å². The molecule has 2 N–H and O–H groups in total. The summed E-state index contributed by atoms with van der Waals surface area (Å²) >= 11 is 0. The van der Waals surface area contributed by atoms with Crippen LogP contribution in [0.4, 0.5) is 5.69 Å². The Bertz CT molecular complexity index is 706. The van der Waals surface area contributed by atoms with Crippen LogP contribution in [0.3, 0.4) is 0 Å². The van der Waals surface area contributed by atoms with E-state index in [0.717, 1.165) is 11.1 Å². The van der Waals surface area contributed by atoms with Crippen LogP contribution < -0.4 is 5.32 Å². The van der Waals surface area contributed by atoms with Gasteiger partial charge in [0.1, 0.15) is 6.61 Å². The summed E-state index contributed by atoms with van der Waals surface area (Å²) in [5.41, 5.74) is 4.42. The van der Waals surface area contributed by atoms with Gasteiger partial charge in [0, 0.05) is 16.8 Å². The van der Waals surface area contributed by atoms with Crippen molar-refractivity contribution in [3.63, 3.8) is 0 Å². The van der Waals surface area contributed by atoms with Gasteiger partial charge in [-0.3, -0.25) is 4.79 Å². The zero-order chi connectivity index (χ0) is 15.2. The minimum atomic E-state index is -0.161. The molecule has 3 heteroatoms. The summed E-state index contributed by atoms with van der Waals surface area (Å²) in [6.45, 7) is 3.84. The van der Waals surface area contributed by atoms with Crippen molar-refractivity contribution in [3.8, 4) is 11.8 Å². The Balaban J connectivity index is 2.10. The summed E-state index contributed by atoms with van der Waals surface area (Å²) < 4.78 is 0. The molecule has 21 heavy (non-hydrogen) atoms. The van der Waals surface area contributed by atoms with Crippen LogP contribution in [0.15, 0.2) is 42.5 Å². The van der Waals surface area contributed by atoms with Gasteiger partial charge >= 0.3 is 0 Å². The van der Waals surface area contributed by atoms with Crippen molar-refractivity contribution in [2.24, 2.45) is 0 Å². The van der Waals surface area contributed by atoms with Crippen molar-refractivity contribution in [3.05, 3.63) is 64.7 Å². The number of nitrogens with one attached hydrogen (secondary N) is 1. The number of anilines is 1. The summed E-state index contributed by atoms with van der Waals surface area (Å²) in [4.78, 5) is 12.2. The summed E-state index contributed by atoms with van der Waals surface area (Å²) in [5, 5.41) is 11.5. The normalized spacial score (nSPS) is 9.67. The van der Waals surface area contributed by atoms with Crippen molar-refractivity contribution in [1.29, 1.82) is 0 Å². The van der Waals surface area contributed by atoms with Crippen LogP contribution >= 0.6 is 0 Å². The van der Waals surface area contributed by atoms with E-state index in [1.165, 1.54) is 5.56 Å². The van der Waals surface area contributed by atoms with Crippen molar-refractivity contribution in [2.45, 2.75) is 13.8 Å². The number of hydrogen-bond donors (Lipinski definition) is 2. The predicted octanol–water partition coefficient (Wildman–Crippen LogP) is 2.90. The lowest BCUT2D eigenvalue weighted by Crippen LogP contribution is -2.12. The summed E-state index contributed by atoms with van der Waals surface area (Å²) in [5.74, 6) is 5.26. The van der Waals surface area contributed by atoms with Gasteiger partial charge in [-0.1, -0.05) is 17.9 Å². The maximum Gasteiger partial charge on any atom is 0.255 e. The molecule has 0 aliphatic heterocycles. The number of aliphatic hydroxyl groups excluding tert-OH is 1. The number of amides is 1. The Labute approximate surface area is 124 Å². The molecule has 0 unspecified atom stereocenters. The number of aliphatic hydroxyl groups is 1. The zero-order valence-electron chi connectivity index (χ0n) is 12.1. The maximum atomic E-state index is 12.2. The first-order valence-corrected chi connectivity index (χ1v) is 6.68. The van der Waals surface area contributed by atoms with E-state index in [1.807, 2.05) is 32.0 Å². The molecule has 2 aromatic carbocycles. The topological polar surface area (TPSA) is 49.3 Å². The molecule has 0 saturated heterocycles. The van der Waals surface area contributed by atoms with E-state index in [9.17, 15) is 4.79 Å². The van der Waals surface area contributed by atoms with Crippen molar-refractivity contribution in [2.75, 3.05) is 11.9 Å². The smallest absolute Gasteiger partial charge is 0.255 e. The molecule has 0 saturated carbocycles. The van der Waals surface area contributed by atoms with Crippen molar-refractivity contribution >= 4 is 11.6 Å². The second kappa shape index (κ2) is 6.74. The van der Waals surface area contributed by atoms with E-state index < -0.39 is 0 Å². The first-order chi connectivity index (χ1) is 10.1. The Kier molecular flexibility index (Phi) is 4.76. The lowest BCUT2D eigenvalue weighted by atomic mass is 10.1. The predicted molar refractivity (Wildman–Crippen MR) is 84.3 cm³/mol. The summed E-state index contributed by atoms with van der Waals surface area (Å²) in [6.07, 6.45) is 0. The van der Waals surface area contributed by atoms with Crippen LogP contribution in [0.2, 0.25) is 0 Å². The highest BCUT2D eigenvalue weighted by Crippen LogP contribution is 2.13. The molecule has 2 aromatic rings. The van der Waals surface area contributed by atoms with E-state index in [0.29, 0.717) is 11.3 Å². The van der Waals surface area contributed by atoms with Gasteiger partial charge in [0.15, 0.2) is 0 Å². The molecule has 1 amide bonds. The van der Waals surface area contributed by atoms with Crippen LogP contribution in [-0.4, -0.2) is 17.6 Å². The molecule has 0 bridgehead atoms. The molecule has 106 valence electrons. The Morgan fingerprint density at radius 1 is 1.10 bits per heavy atom. The Morgan fingerprint density at radius 2 is 1.81 bits per heavy atom. The molecular formula is C18H17NO2. The molecule has 0 spiro atoms. The molecule has 0 aliphatic carbocycles. The Morgan fingerprint density at radius 3 is 2.43 bits per heavy atom. The average Bonchev–Trinajstić information content (AvgIpc) is 2.49. The van der Waals surface area contributed by atoms with Gasteiger partial charge in [-0.25, -0.2) is 0 Å². The second-order valence-electron chi connectivity index (χ2n) is 4.79. The largest absolute Gasteiger partial charge is 0.384 e. The number of rotatable bonds is 2. The van der Waals surface area contributed by atoms with Gasteiger partial charge in [-0.05, 0) is 61.4 Å². The first-order valence-electron chi connectivity index (χ1n) is 6.68. The van der Waals surface area contributed by atoms with Crippen LogP contribution in [0.1, 0.15) is 27.0 Å². The number of carbonyl (C=O) groups excluding carboxylic acids is 1. The number of benzene rings is 2. The molecule has 0 heterocycles. The molecule has 2 rings (SSSR count). The number of hydrogen-bond acceptors (Lipinski definition) is 2. The van der Waals surface area contributed by atoms with Gasteiger partial charge < -0.3 is 10.4 Å². The van der Waals surface area contributed by atoms with E-state index in [1.54, 1.807) is 24.3 Å². The minimum Gasteiger partial charge on any atom is -0.384 e. The molecule has 0 aliphatic rings. The van der Waals surface area contributed by atoms with Crippen molar-refractivity contribution < 1.29 is 9.90 Å². The number of aryl methyl sites for hydroxylation is 2. The van der Waals surface area contributed by atoms with Gasteiger partial charge in [-0.2, -0.15) is 0 Å². The third kappa shape index (κ3) is 3.95. The van der Waals surface area contributed by atoms with Crippen LogP contribution in [-0.2, 0) is 0 Å². The molecule has 3 nitrogen and oxygen atoms in total. The average molecular weight is 279 g/mol. The molecule has 0 fully saturated rings. The second-order valence-corrected chi connectivity index (χ2v) is 4.79. The fourth-order valence-electron chi connectivity index (χ4n) is 1.86. The van der Waals surface area contributed by atoms with Crippen LogP contribution in [0.25, 0.3) is 0 Å². The monoisotopic (exact) mass is 279 g/mol.